The highest BCUT2D eigenvalue weighted by molar-refractivity contribution is 6.09. The minimum Gasteiger partial charge on any atom is -0.481 e. The first-order chi connectivity index (χ1) is 10.6. The van der Waals surface area contributed by atoms with Crippen LogP contribution in [0.3, 0.4) is 0 Å². The molecule has 4 heteroatoms. The van der Waals surface area contributed by atoms with E-state index in [2.05, 4.69) is 0 Å². The second-order valence-corrected chi connectivity index (χ2v) is 5.22. The van der Waals surface area contributed by atoms with Crippen LogP contribution < -0.4 is 0 Å². The monoisotopic (exact) mass is 294 g/mol. The van der Waals surface area contributed by atoms with Crippen LogP contribution in [0.2, 0.25) is 0 Å². The van der Waals surface area contributed by atoms with Crippen LogP contribution in [-0.2, 0) is 9.59 Å². The van der Waals surface area contributed by atoms with Crippen molar-refractivity contribution in [1.82, 2.24) is 0 Å². The van der Waals surface area contributed by atoms with Crippen LogP contribution in [0, 0.1) is 0 Å². The van der Waals surface area contributed by atoms with Crippen molar-refractivity contribution >= 4 is 33.5 Å². The quantitative estimate of drug-likeness (QED) is 0.720. The van der Waals surface area contributed by atoms with E-state index in [9.17, 15) is 14.7 Å². The summed E-state index contributed by atoms with van der Waals surface area (Å²) in [5.74, 6) is -3.30. The van der Waals surface area contributed by atoms with Gasteiger partial charge in [-0.25, -0.2) is 0 Å². The molecule has 4 nitrogen and oxygen atoms in total. The first kappa shape index (κ1) is 14.1. The fourth-order valence-electron chi connectivity index (χ4n) is 2.87. The maximum Gasteiger partial charge on any atom is 0.311 e. The van der Waals surface area contributed by atoms with E-state index in [-0.39, 0.29) is 0 Å². The number of aliphatic carboxylic acids is 2. The minimum absolute atomic E-state index is 0.429. The van der Waals surface area contributed by atoms with Crippen molar-refractivity contribution in [2.75, 3.05) is 0 Å². The van der Waals surface area contributed by atoms with Gasteiger partial charge in [-0.1, -0.05) is 54.6 Å². The summed E-state index contributed by atoms with van der Waals surface area (Å²) in [5, 5.41) is 22.2. The SMILES string of the molecule is O=C(O)CC(C(=O)O)c1cccc2c1ccc1ccccc12. The van der Waals surface area contributed by atoms with Crippen LogP contribution in [0.4, 0.5) is 0 Å². The van der Waals surface area contributed by atoms with Crippen molar-refractivity contribution in [2.45, 2.75) is 12.3 Å². The van der Waals surface area contributed by atoms with Crippen molar-refractivity contribution in [1.29, 1.82) is 0 Å². The van der Waals surface area contributed by atoms with Gasteiger partial charge in [0.15, 0.2) is 0 Å². The lowest BCUT2D eigenvalue weighted by Gasteiger charge is -2.14. The summed E-state index contributed by atoms with van der Waals surface area (Å²) in [6.45, 7) is 0. The van der Waals surface area contributed by atoms with Crippen molar-refractivity contribution in [3.8, 4) is 0 Å². The molecular formula is C18H14O4. The number of carbonyl (C=O) groups is 2. The number of rotatable bonds is 4. The van der Waals surface area contributed by atoms with Crippen molar-refractivity contribution in [2.24, 2.45) is 0 Å². The number of carboxylic acids is 2. The van der Waals surface area contributed by atoms with Gasteiger partial charge in [0.2, 0.25) is 0 Å². The van der Waals surface area contributed by atoms with Crippen LogP contribution in [0.5, 0.6) is 0 Å². The van der Waals surface area contributed by atoms with Crippen molar-refractivity contribution in [3.63, 3.8) is 0 Å². The lowest BCUT2D eigenvalue weighted by molar-refractivity contribution is -0.145. The normalized spacial score (nSPS) is 12.4. The predicted molar refractivity (Wildman–Crippen MR) is 84.1 cm³/mol. The van der Waals surface area contributed by atoms with Gasteiger partial charge in [0.05, 0.1) is 12.3 Å². The second-order valence-electron chi connectivity index (χ2n) is 5.22. The molecule has 0 fully saturated rings. The zero-order chi connectivity index (χ0) is 15.7. The molecule has 3 aromatic rings. The van der Waals surface area contributed by atoms with Gasteiger partial charge in [0.25, 0.3) is 0 Å². The molecule has 1 unspecified atom stereocenters. The summed E-state index contributed by atoms with van der Waals surface area (Å²) >= 11 is 0. The standard InChI is InChI=1S/C18H14O4/c19-17(20)10-16(18(21)22)14-7-3-6-13-12-5-2-1-4-11(12)8-9-15(13)14/h1-9,16H,10H2,(H,19,20)(H,21,22). The van der Waals surface area contributed by atoms with E-state index in [1.165, 1.54) is 0 Å². The Hall–Kier alpha value is -2.88. The zero-order valence-electron chi connectivity index (χ0n) is 11.7. The van der Waals surface area contributed by atoms with Gasteiger partial charge in [0.1, 0.15) is 0 Å². The summed E-state index contributed by atoms with van der Waals surface area (Å²) in [6, 6.07) is 17.1. The Kier molecular flexibility index (Phi) is 3.51. The average Bonchev–Trinajstić information content (AvgIpc) is 2.51. The predicted octanol–water partition coefficient (Wildman–Crippen LogP) is 3.64. The molecule has 0 spiro atoms. The molecule has 0 aromatic heterocycles. The summed E-state index contributed by atoms with van der Waals surface area (Å²) < 4.78 is 0. The van der Waals surface area contributed by atoms with Crippen LogP contribution in [0.1, 0.15) is 17.9 Å². The smallest absolute Gasteiger partial charge is 0.311 e. The third-order valence-electron chi connectivity index (χ3n) is 3.87. The summed E-state index contributed by atoms with van der Waals surface area (Å²) in [7, 11) is 0. The molecule has 0 saturated carbocycles. The Labute approximate surface area is 126 Å². The van der Waals surface area contributed by atoms with E-state index in [1.807, 2.05) is 42.5 Å². The number of carboxylic acid groups (broad SMARTS) is 2. The molecule has 1 atom stereocenters. The second kappa shape index (κ2) is 5.48. The van der Waals surface area contributed by atoms with Gasteiger partial charge >= 0.3 is 11.9 Å². The first-order valence-corrected chi connectivity index (χ1v) is 6.93. The first-order valence-electron chi connectivity index (χ1n) is 6.93. The van der Waals surface area contributed by atoms with Crippen molar-refractivity contribution in [3.05, 3.63) is 60.2 Å². The largest absolute Gasteiger partial charge is 0.481 e. The lowest BCUT2D eigenvalue weighted by atomic mass is 9.89. The fraction of sp³-hybridized carbons (Fsp3) is 0.111. The molecular weight excluding hydrogens is 280 g/mol. The maximum atomic E-state index is 11.5. The van der Waals surface area contributed by atoms with Crippen LogP contribution >= 0.6 is 0 Å². The average molecular weight is 294 g/mol. The van der Waals surface area contributed by atoms with Gasteiger partial charge in [-0.2, -0.15) is 0 Å². The molecule has 0 saturated heterocycles. The zero-order valence-corrected chi connectivity index (χ0v) is 11.7. The van der Waals surface area contributed by atoms with E-state index < -0.39 is 24.3 Å². The third-order valence-corrected chi connectivity index (χ3v) is 3.87. The highest BCUT2D eigenvalue weighted by atomic mass is 16.4. The van der Waals surface area contributed by atoms with Crippen LogP contribution in [-0.4, -0.2) is 22.2 Å². The van der Waals surface area contributed by atoms with Gasteiger partial charge in [-0.15, -0.1) is 0 Å². The third kappa shape index (κ3) is 2.39. The summed E-state index contributed by atoms with van der Waals surface area (Å²) in [6.07, 6.45) is -0.429. The molecule has 2 N–H and O–H groups in total. The Bertz CT molecular complexity index is 883. The van der Waals surface area contributed by atoms with E-state index in [4.69, 9.17) is 5.11 Å². The number of fused-ring (bicyclic) bond motifs is 3. The topological polar surface area (TPSA) is 74.6 Å². The van der Waals surface area contributed by atoms with E-state index in [1.54, 1.807) is 12.1 Å². The summed E-state index contributed by atoms with van der Waals surface area (Å²) in [5.41, 5.74) is 0.540. The molecule has 3 rings (SSSR count). The number of hydrogen-bond donors (Lipinski definition) is 2. The van der Waals surface area contributed by atoms with Gasteiger partial charge in [0, 0.05) is 0 Å². The Morgan fingerprint density at radius 3 is 2.27 bits per heavy atom. The molecule has 0 aliphatic carbocycles. The summed E-state index contributed by atoms with van der Waals surface area (Å²) in [4.78, 5) is 22.5. The molecule has 0 amide bonds. The molecule has 0 radical (unpaired) electrons. The van der Waals surface area contributed by atoms with Gasteiger partial charge < -0.3 is 10.2 Å². The van der Waals surface area contributed by atoms with E-state index in [0.717, 1.165) is 21.5 Å². The maximum absolute atomic E-state index is 11.5. The molecule has 0 aliphatic heterocycles. The molecule has 0 bridgehead atoms. The Morgan fingerprint density at radius 1 is 0.818 bits per heavy atom. The Balaban J connectivity index is 2.28. The van der Waals surface area contributed by atoms with E-state index in [0.29, 0.717) is 5.56 Å². The van der Waals surface area contributed by atoms with Gasteiger partial charge in [-0.3, -0.25) is 9.59 Å². The highest BCUT2D eigenvalue weighted by Gasteiger charge is 2.24. The molecule has 22 heavy (non-hydrogen) atoms. The van der Waals surface area contributed by atoms with Crippen molar-refractivity contribution < 1.29 is 19.8 Å². The van der Waals surface area contributed by atoms with Crippen LogP contribution in [0.25, 0.3) is 21.5 Å². The highest BCUT2D eigenvalue weighted by Crippen LogP contribution is 2.32. The molecule has 110 valence electrons. The molecule has 0 aliphatic rings. The number of hydrogen-bond acceptors (Lipinski definition) is 2. The van der Waals surface area contributed by atoms with Crippen LogP contribution in [0.15, 0.2) is 54.6 Å². The fourth-order valence-corrected chi connectivity index (χ4v) is 2.87. The number of benzene rings is 3. The Morgan fingerprint density at radius 2 is 1.55 bits per heavy atom. The lowest BCUT2D eigenvalue weighted by Crippen LogP contribution is -2.16. The molecule has 3 aromatic carbocycles. The van der Waals surface area contributed by atoms with E-state index >= 15 is 0 Å². The van der Waals surface area contributed by atoms with Gasteiger partial charge in [-0.05, 0) is 27.1 Å². The minimum atomic E-state index is -1.12. The molecule has 0 heterocycles.